The third-order valence-electron chi connectivity index (χ3n) is 2.88. The van der Waals surface area contributed by atoms with Gasteiger partial charge in [0.25, 0.3) is 5.91 Å². The van der Waals surface area contributed by atoms with Gasteiger partial charge in [0.2, 0.25) is 5.91 Å². The number of aliphatic imine (C=N–C) groups is 1. The minimum absolute atomic E-state index is 0.163. The summed E-state index contributed by atoms with van der Waals surface area (Å²) >= 11 is 0. The van der Waals surface area contributed by atoms with Crippen LogP contribution in [0.5, 0.6) is 0 Å². The fraction of sp³-hybridized carbons (Fsp3) is 0.538. The third kappa shape index (κ3) is 5.75. The summed E-state index contributed by atoms with van der Waals surface area (Å²) in [5.41, 5.74) is 6.15. The molecule has 0 aromatic carbocycles. The molecule has 0 saturated heterocycles. The fourth-order valence-corrected chi connectivity index (χ4v) is 1.80. The highest BCUT2D eigenvalue weighted by molar-refractivity contribution is 5.90. The van der Waals surface area contributed by atoms with Gasteiger partial charge < -0.3 is 16.0 Å². The quantitative estimate of drug-likeness (QED) is 0.442. The van der Waals surface area contributed by atoms with Gasteiger partial charge in [-0.1, -0.05) is 6.42 Å². The Morgan fingerprint density at radius 3 is 2.85 bits per heavy atom. The summed E-state index contributed by atoms with van der Waals surface area (Å²) in [4.78, 5) is 33.6. The molecule has 0 aliphatic rings. The molecule has 110 valence electrons. The zero-order valence-corrected chi connectivity index (χ0v) is 11.5. The lowest BCUT2D eigenvalue weighted by Gasteiger charge is -2.14. The van der Waals surface area contributed by atoms with Gasteiger partial charge in [-0.3, -0.25) is 9.59 Å². The van der Waals surface area contributed by atoms with Crippen LogP contribution in [0.1, 0.15) is 31.4 Å². The van der Waals surface area contributed by atoms with E-state index in [1.54, 1.807) is 6.20 Å². The standard InChI is InChI=1S/C13H21N5O2/c1-15-13(20)11(7-10-8-16-9-17-10)18-12(19)5-3-2-4-6-14/h8-9,11H,1-7,14H2,(H,16,17)(H,18,19)/t11-/m0/s1. The predicted octanol–water partition coefficient (Wildman–Crippen LogP) is 0.183. The monoisotopic (exact) mass is 279 g/mol. The Hall–Kier alpha value is -2.02. The highest BCUT2D eigenvalue weighted by Gasteiger charge is 2.20. The Morgan fingerprint density at radius 2 is 2.25 bits per heavy atom. The van der Waals surface area contributed by atoms with Gasteiger partial charge in [0, 0.05) is 24.7 Å². The number of aromatic amines is 1. The van der Waals surface area contributed by atoms with E-state index >= 15 is 0 Å². The maximum Gasteiger partial charge on any atom is 0.268 e. The zero-order chi connectivity index (χ0) is 14.8. The van der Waals surface area contributed by atoms with Gasteiger partial charge in [-0.2, -0.15) is 0 Å². The number of nitrogens with two attached hydrogens (primary N) is 1. The van der Waals surface area contributed by atoms with Crippen molar-refractivity contribution in [3.8, 4) is 0 Å². The molecule has 0 unspecified atom stereocenters. The van der Waals surface area contributed by atoms with E-state index in [0.717, 1.165) is 25.0 Å². The van der Waals surface area contributed by atoms with Crippen molar-refractivity contribution in [2.24, 2.45) is 10.7 Å². The van der Waals surface area contributed by atoms with E-state index in [1.165, 1.54) is 6.33 Å². The molecule has 1 rings (SSSR count). The normalized spacial score (nSPS) is 11.8. The second kappa shape index (κ2) is 8.98. The van der Waals surface area contributed by atoms with Gasteiger partial charge in [-0.25, -0.2) is 9.98 Å². The van der Waals surface area contributed by atoms with Gasteiger partial charge in [0.1, 0.15) is 6.04 Å². The number of imidazole rings is 1. The number of carbonyl (C=O) groups excluding carboxylic acids is 2. The molecule has 0 spiro atoms. The average molecular weight is 279 g/mol. The van der Waals surface area contributed by atoms with E-state index in [1.807, 2.05) is 0 Å². The smallest absolute Gasteiger partial charge is 0.268 e. The van der Waals surface area contributed by atoms with Gasteiger partial charge >= 0.3 is 0 Å². The Bertz CT molecular complexity index is 430. The van der Waals surface area contributed by atoms with Crippen LogP contribution in [0.3, 0.4) is 0 Å². The molecule has 1 aromatic rings. The number of nitrogens with one attached hydrogen (secondary N) is 2. The molecule has 0 bridgehead atoms. The van der Waals surface area contributed by atoms with Crippen molar-refractivity contribution in [3.05, 3.63) is 18.2 Å². The third-order valence-corrected chi connectivity index (χ3v) is 2.88. The Labute approximate surface area is 118 Å². The summed E-state index contributed by atoms with van der Waals surface area (Å²) in [5, 5.41) is 2.68. The van der Waals surface area contributed by atoms with E-state index in [9.17, 15) is 9.59 Å². The molecule has 1 heterocycles. The fourth-order valence-electron chi connectivity index (χ4n) is 1.80. The minimum Gasteiger partial charge on any atom is -0.348 e. The average Bonchev–Trinajstić information content (AvgIpc) is 2.95. The maximum absolute atomic E-state index is 11.8. The maximum atomic E-state index is 11.8. The molecule has 2 amide bonds. The number of rotatable bonds is 9. The van der Waals surface area contributed by atoms with Gasteiger partial charge in [-0.15, -0.1) is 0 Å². The highest BCUT2D eigenvalue weighted by Crippen LogP contribution is 2.03. The van der Waals surface area contributed by atoms with Crippen molar-refractivity contribution in [2.75, 3.05) is 6.54 Å². The first-order chi connectivity index (χ1) is 9.67. The van der Waals surface area contributed by atoms with Crippen molar-refractivity contribution < 1.29 is 9.59 Å². The number of amides is 2. The van der Waals surface area contributed by atoms with Crippen LogP contribution in [-0.4, -0.2) is 41.1 Å². The summed E-state index contributed by atoms with van der Waals surface area (Å²) in [6, 6.07) is -0.699. The zero-order valence-electron chi connectivity index (χ0n) is 11.5. The van der Waals surface area contributed by atoms with E-state index in [2.05, 4.69) is 27.0 Å². The van der Waals surface area contributed by atoms with Gasteiger partial charge in [-0.05, 0) is 26.1 Å². The molecule has 7 heteroatoms. The van der Waals surface area contributed by atoms with Crippen LogP contribution in [0.2, 0.25) is 0 Å². The van der Waals surface area contributed by atoms with Crippen LogP contribution < -0.4 is 11.1 Å². The Balaban J connectivity index is 2.45. The number of aromatic nitrogens is 2. The summed E-state index contributed by atoms with van der Waals surface area (Å²) in [6.45, 7) is 3.84. The van der Waals surface area contributed by atoms with Crippen LogP contribution in [0, 0.1) is 0 Å². The predicted molar refractivity (Wildman–Crippen MR) is 76.3 cm³/mol. The highest BCUT2D eigenvalue weighted by atomic mass is 16.2. The number of unbranched alkanes of at least 4 members (excludes halogenated alkanes) is 2. The van der Waals surface area contributed by atoms with Crippen molar-refractivity contribution >= 4 is 18.5 Å². The van der Waals surface area contributed by atoms with Crippen molar-refractivity contribution in [3.63, 3.8) is 0 Å². The van der Waals surface area contributed by atoms with Crippen molar-refractivity contribution in [1.82, 2.24) is 15.3 Å². The second-order valence-electron chi connectivity index (χ2n) is 4.50. The SMILES string of the molecule is C=NC(=O)[C@H](Cc1cnc[nH]1)NC(=O)CCCCCN. The molecule has 1 atom stereocenters. The number of H-pyrrole nitrogens is 1. The van der Waals surface area contributed by atoms with E-state index in [-0.39, 0.29) is 5.91 Å². The number of hydrogen-bond donors (Lipinski definition) is 3. The minimum atomic E-state index is -0.699. The molecule has 0 fully saturated rings. The second-order valence-corrected chi connectivity index (χ2v) is 4.50. The summed E-state index contributed by atoms with van der Waals surface area (Å²) in [5.74, 6) is -0.613. The van der Waals surface area contributed by atoms with E-state index < -0.39 is 11.9 Å². The molecule has 0 aliphatic heterocycles. The molecule has 1 aromatic heterocycles. The number of hydrogen-bond acceptors (Lipinski definition) is 4. The van der Waals surface area contributed by atoms with E-state index in [0.29, 0.717) is 19.4 Å². The molecule has 0 saturated carbocycles. The lowest BCUT2D eigenvalue weighted by Crippen LogP contribution is -2.41. The molecule has 0 radical (unpaired) electrons. The number of nitrogens with zero attached hydrogens (tertiary/aromatic N) is 2. The van der Waals surface area contributed by atoms with Crippen LogP contribution in [0.25, 0.3) is 0 Å². The molecule has 4 N–H and O–H groups in total. The summed E-state index contributed by atoms with van der Waals surface area (Å²) in [7, 11) is 0. The Kier molecular flexibility index (Phi) is 7.20. The first kappa shape index (κ1) is 16.0. The Morgan fingerprint density at radius 1 is 1.45 bits per heavy atom. The number of carbonyl (C=O) groups is 2. The largest absolute Gasteiger partial charge is 0.348 e. The van der Waals surface area contributed by atoms with Crippen LogP contribution >= 0.6 is 0 Å². The van der Waals surface area contributed by atoms with Crippen molar-refractivity contribution in [2.45, 2.75) is 38.1 Å². The molecular formula is C13H21N5O2. The van der Waals surface area contributed by atoms with Crippen LogP contribution in [0.4, 0.5) is 0 Å². The topological polar surface area (TPSA) is 113 Å². The first-order valence-electron chi connectivity index (χ1n) is 6.64. The molecule has 7 nitrogen and oxygen atoms in total. The van der Waals surface area contributed by atoms with Gasteiger partial charge in [0.15, 0.2) is 0 Å². The van der Waals surface area contributed by atoms with Crippen LogP contribution in [0.15, 0.2) is 17.5 Å². The molecule has 20 heavy (non-hydrogen) atoms. The lowest BCUT2D eigenvalue weighted by atomic mass is 10.1. The molecule has 0 aliphatic carbocycles. The first-order valence-corrected chi connectivity index (χ1v) is 6.64. The lowest BCUT2D eigenvalue weighted by molar-refractivity contribution is -0.127. The molecular weight excluding hydrogens is 258 g/mol. The van der Waals surface area contributed by atoms with Gasteiger partial charge in [0.05, 0.1) is 6.33 Å². The summed E-state index contributed by atoms with van der Waals surface area (Å²) in [6.07, 6.45) is 6.40. The van der Waals surface area contributed by atoms with E-state index in [4.69, 9.17) is 5.73 Å². The van der Waals surface area contributed by atoms with Crippen LogP contribution in [-0.2, 0) is 16.0 Å². The van der Waals surface area contributed by atoms with Crippen molar-refractivity contribution in [1.29, 1.82) is 0 Å². The summed E-state index contributed by atoms with van der Waals surface area (Å²) < 4.78 is 0.